The number of aromatic nitrogens is 2. The summed E-state index contributed by atoms with van der Waals surface area (Å²) in [5, 5.41) is 0.0266. The monoisotopic (exact) mass is 187 g/mol. The zero-order chi connectivity index (χ0) is 8.97. The molecule has 0 radical (unpaired) electrons. The Morgan fingerprint density at radius 1 is 1.75 bits per heavy atom. The maximum absolute atomic E-state index is 11.0. The average Bonchev–Trinajstić information content (AvgIpc) is 2.05. The molecule has 1 heterocycles. The Morgan fingerprint density at radius 2 is 2.50 bits per heavy atom. The van der Waals surface area contributed by atoms with Gasteiger partial charge in [-0.15, -0.1) is 0 Å². The molecule has 0 saturated heterocycles. The van der Waals surface area contributed by atoms with Gasteiger partial charge in [-0.3, -0.25) is 9.63 Å². The smallest absolute Gasteiger partial charge is 0.277 e. The maximum atomic E-state index is 11.0. The fourth-order valence-electron chi connectivity index (χ4n) is 0.606. The number of nitrogens with zero attached hydrogens (tertiary/aromatic N) is 2. The minimum absolute atomic E-state index is 0.0266. The van der Waals surface area contributed by atoms with Crippen molar-refractivity contribution in [2.75, 3.05) is 7.11 Å². The van der Waals surface area contributed by atoms with E-state index < -0.39 is 5.91 Å². The largest absolute Gasteiger partial charge is 0.293 e. The first-order valence-electron chi connectivity index (χ1n) is 3.06. The van der Waals surface area contributed by atoms with Crippen LogP contribution in [-0.4, -0.2) is 23.0 Å². The lowest BCUT2D eigenvalue weighted by molar-refractivity contribution is 0.0532. The van der Waals surface area contributed by atoms with Crippen LogP contribution in [0.15, 0.2) is 12.3 Å². The third-order valence-corrected chi connectivity index (χ3v) is 1.24. The summed E-state index contributed by atoms with van der Waals surface area (Å²) in [4.78, 5) is 22.7. The SMILES string of the molecule is CONC(=O)c1ccnc(Cl)n1. The first kappa shape index (κ1) is 8.89. The van der Waals surface area contributed by atoms with Gasteiger partial charge in [0, 0.05) is 6.20 Å². The van der Waals surface area contributed by atoms with Crippen molar-refractivity contribution in [1.82, 2.24) is 15.4 Å². The number of carbonyl (C=O) groups excluding carboxylic acids is 1. The average molecular weight is 188 g/mol. The first-order valence-corrected chi connectivity index (χ1v) is 3.43. The number of hydrogen-bond donors (Lipinski definition) is 1. The van der Waals surface area contributed by atoms with Crippen molar-refractivity contribution in [3.05, 3.63) is 23.2 Å². The van der Waals surface area contributed by atoms with Gasteiger partial charge in [0.1, 0.15) is 5.69 Å². The summed E-state index contributed by atoms with van der Waals surface area (Å²) in [5.74, 6) is -0.457. The summed E-state index contributed by atoms with van der Waals surface area (Å²) in [5.41, 5.74) is 2.26. The van der Waals surface area contributed by atoms with Gasteiger partial charge in [0.15, 0.2) is 0 Å². The lowest BCUT2D eigenvalue weighted by Crippen LogP contribution is -2.22. The molecule has 0 aliphatic heterocycles. The summed E-state index contributed by atoms with van der Waals surface area (Å²) >= 11 is 5.45. The summed E-state index contributed by atoms with van der Waals surface area (Å²) < 4.78 is 0. The van der Waals surface area contributed by atoms with Gasteiger partial charge in [-0.25, -0.2) is 15.4 Å². The molecule has 1 N–H and O–H groups in total. The molecule has 0 atom stereocenters. The van der Waals surface area contributed by atoms with E-state index >= 15 is 0 Å². The topological polar surface area (TPSA) is 64.1 Å². The third kappa shape index (κ3) is 2.14. The fourth-order valence-corrected chi connectivity index (χ4v) is 0.754. The van der Waals surface area contributed by atoms with Crippen LogP contribution in [0.1, 0.15) is 10.5 Å². The zero-order valence-corrected chi connectivity index (χ0v) is 7.00. The van der Waals surface area contributed by atoms with E-state index in [1.165, 1.54) is 19.4 Å². The van der Waals surface area contributed by atoms with Gasteiger partial charge in [0.05, 0.1) is 7.11 Å². The van der Waals surface area contributed by atoms with Crippen molar-refractivity contribution in [2.24, 2.45) is 0 Å². The van der Waals surface area contributed by atoms with Crippen molar-refractivity contribution in [2.45, 2.75) is 0 Å². The molecule has 0 fully saturated rings. The van der Waals surface area contributed by atoms with Crippen LogP contribution in [0.5, 0.6) is 0 Å². The molecule has 12 heavy (non-hydrogen) atoms. The molecule has 1 rings (SSSR count). The van der Waals surface area contributed by atoms with Gasteiger partial charge in [0.2, 0.25) is 5.28 Å². The number of amides is 1. The molecule has 0 aliphatic carbocycles. The summed E-state index contributed by atoms with van der Waals surface area (Å²) in [7, 11) is 1.33. The second kappa shape index (κ2) is 3.99. The van der Waals surface area contributed by atoms with Gasteiger partial charge in [-0.05, 0) is 17.7 Å². The lowest BCUT2D eigenvalue weighted by atomic mass is 10.4. The molecule has 5 nitrogen and oxygen atoms in total. The van der Waals surface area contributed by atoms with Crippen LogP contribution in [0.25, 0.3) is 0 Å². The van der Waals surface area contributed by atoms with Crippen LogP contribution in [-0.2, 0) is 4.84 Å². The Labute approximate surface area is 73.7 Å². The van der Waals surface area contributed by atoms with Crippen LogP contribution in [0.3, 0.4) is 0 Å². The minimum atomic E-state index is -0.457. The summed E-state index contributed by atoms with van der Waals surface area (Å²) in [6.07, 6.45) is 1.39. The van der Waals surface area contributed by atoms with E-state index in [4.69, 9.17) is 11.6 Å². The Kier molecular flexibility index (Phi) is 2.95. The van der Waals surface area contributed by atoms with Crippen LogP contribution in [0.4, 0.5) is 0 Å². The zero-order valence-electron chi connectivity index (χ0n) is 6.24. The Bertz CT molecular complexity index is 292. The van der Waals surface area contributed by atoms with Gasteiger partial charge in [-0.2, -0.15) is 0 Å². The molecule has 0 aliphatic rings. The molecule has 64 valence electrons. The van der Waals surface area contributed by atoms with E-state index in [-0.39, 0.29) is 11.0 Å². The van der Waals surface area contributed by atoms with Crippen LogP contribution in [0, 0.1) is 0 Å². The molecular formula is C6H6ClN3O2. The second-order valence-corrected chi connectivity index (χ2v) is 2.18. The molecule has 6 heteroatoms. The molecule has 0 saturated carbocycles. The first-order chi connectivity index (χ1) is 5.74. The maximum Gasteiger partial charge on any atom is 0.293 e. The Balaban J connectivity index is 2.81. The van der Waals surface area contributed by atoms with Crippen LogP contribution >= 0.6 is 11.6 Å². The van der Waals surface area contributed by atoms with Gasteiger partial charge in [0.25, 0.3) is 5.91 Å². The van der Waals surface area contributed by atoms with Crippen LogP contribution < -0.4 is 5.48 Å². The molecule has 1 amide bonds. The van der Waals surface area contributed by atoms with Crippen molar-refractivity contribution in [3.8, 4) is 0 Å². The van der Waals surface area contributed by atoms with E-state index in [1.807, 2.05) is 0 Å². The predicted molar refractivity (Wildman–Crippen MR) is 41.5 cm³/mol. The van der Waals surface area contributed by atoms with Crippen molar-refractivity contribution < 1.29 is 9.63 Å². The predicted octanol–water partition coefficient (Wildman–Crippen LogP) is 0.421. The van der Waals surface area contributed by atoms with Gasteiger partial charge in [-0.1, -0.05) is 0 Å². The number of halogens is 1. The van der Waals surface area contributed by atoms with Gasteiger partial charge < -0.3 is 0 Å². The molecule has 0 aromatic carbocycles. The molecule has 1 aromatic heterocycles. The highest BCUT2D eigenvalue weighted by Gasteiger charge is 2.06. The third-order valence-electron chi connectivity index (χ3n) is 1.05. The van der Waals surface area contributed by atoms with E-state index in [1.54, 1.807) is 0 Å². The number of rotatable bonds is 2. The summed E-state index contributed by atoms with van der Waals surface area (Å²) in [6.45, 7) is 0. The van der Waals surface area contributed by atoms with Crippen LogP contribution in [0.2, 0.25) is 5.28 Å². The highest BCUT2D eigenvalue weighted by molar-refractivity contribution is 6.28. The molecule has 0 spiro atoms. The molecule has 0 unspecified atom stereocenters. The summed E-state index contributed by atoms with van der Waals surface area (Å²) in [6, 6.07) is 1.43. The molecular weight excluding hydrogens is 182 g/mol. The van der Waals surface area contributed by atoms with Crippen molar-refractivity contribution >= 4 is 17.5 Å². The minimum Gasteiger partial charge on any atom is -0.277 e. The number of hydroxylamine groups is 1. The lowest BCUT2D eigenvalue weighted by Gasteiger charge is -1.99. The van der Waals surface area contributed by atoms with E-state index in [2.05, 4.69) is 20.3 Å². The van der Waals surface area contributed by atoms with E-state index in [0.717, 1.165) is 0 Å². The van der Waals surface area contributed by atoms with E-state index in [0.29, 0.717) is 0 Å². The highest BCUT2D eigenvalue weighted by Crippen LogP contribution is 2.00. The van der Waals surface area contributed by atoms with Crippen molar-refractivity contribution in [3.63, 3.8) is 0 Å². The normalized spacial score (nSPS) is 9.50. The Hall–Kier alpha value is -1.20. The molecule has 1 aromatic rings. The number of carbonyl (C=O) groups is 1. The number of hydrogen-bond acceptors (Lipinski definition) is 4. The Morgan fingerprint density at radius 3 is 3.08 bits per heavy atom. The molecule has 0 bridgehead atoms. The van der Waals surface area contributed by atoms with Gasteiger partial charge >= 0.3 is 0 Å². The van der Waals surface area contributed by atoms with E-state index in [9.17, 15) is 4.79 Å². The second-order valence-electron chi connectivity index (χ2n) is 1.85. The number of nitrogens with one attached hydrogen (secondary N) is 1. The highest BCUT2D eigenvalue weighted by atomic mass is 35.5. The fraction of sp³-hybridized carbons (Fsp3) is 0.167. The standard InChI is InChI=1S/C6H6ClN3O2/c1-12-10-5(11)4-2-3-8-6(7)9-4/h2-3H,1H3,(H,10,11). The van der Waals surface area contributed by atoms with Crippen molar-refractivity contribution in [1.29, 1.82) is 0 Å². The quantitative estimate of drug-likeness (QED) is 0.539.